The lowest BCUT2D eigenvalue weighted by molar-refractivity contribution is -0.0763. The van der Waals surface area contributed by atoms with E-state index in [0.29, 0.717) is 13.0 Å². The van der Waals surface area contributed by atoms with Gasteiger partial charge in [0, 0.05) is 6.54 Å². The first-order valence-electron chi connectivity index (χ1n) is 3.24. The van der Waals surface area contributed by atoms with Gasteiger partial charge in [0.15, 0.2) is 0 Å². The summed E-state index contributed by atoms with van der Waals surface area (Å²) >= 11 is 0. The number of piperidine rings is 1. The van der Waals surface area contributed by atoms with E-state index in [1.54, 1.807) is 6.92 Å². The first-order valence-corrected chi connectivity index (χ1v) is 3.24. The molecule has 0 unspecified atom stereocenters. The second-order valence-corrected chi connectivity index (χ2v) is 2.84. The van der Waals surface area contributed by atoms with Crippen molar-refractivity contribution in [3.05, 3.63) is 0 Å². The summed E-state index contributed by atoms with van der Waals surface area (Å²) in [5.74, 6) is 0. The van der Waals surface area contributed by atoms with E-state index < -0.39 is 11.7 Å². The highest BCUT2D eigenvalue weighted by Crippen LogP contribution is 2.14. The van der Waals surface area contributed by atoms with Gasteiger partial charge >= 0.3 is 0 Å². The van der Waals surface area contributed by atoms with Gasteiger partial charge in [0.2, 0.25) is 0 Å². The third-order valence-electron chi connectivity index (χ3n) is 1.80. The number of nitrogens with one attached hydrogen (secondary N) is 1. The Balaban J connectivity index is 2.49. The van der Waals surface area contributed by atoms with Crippen molar-refractivity contribution in [1.29, 1.82) is 0 Å². The van der Waals surface area contributed by atoms with E-state index in [1.165, 1.54) is 0 Å². The van der Waals surface area contributed by atoms with Crippen LogP contribution in [-0.2, 0) is 0 Å². The van der Waals surface area contributed by atoms with Crippen LogP contribution in [0.2, 0.25) is 0 Å². The second kappa shape index (κ2) is 2.25. The van der Waals surface area contributed by atoms with Crippen LogP contribution >= 0.6 is 0 Å². The van der Waals surface area contributed by atoms with E-state index in [1.807, 2.05) is 0 Å². The smallest absolute Gasteiger partial charge is 0.100 e. The molecule has 3 heteroatoms. The van der Waals surface area contributed by atoms with Gasteiger partial charge in [0.25, 0.3) is 0 Å². The monoisotopic (exact) mass is 131 g/mol. The van der Waals surface area contributed by atoms with Gasteiger partial charge in [0.05, 0.1) is 6.10 Å². The molecule has 1 aliphatic heterocycles. The Morgan fingerprint density at radius 2 is 2.33 bits per heavy atom. The first-order chi connectivity index (χ1) is 4.13. The maximum absolute atomic E-state index is 9.33. The van der Waals surface area contributed by atoms with Crippen LogP contribution in [0.3, 0.4) is 0 Å². The molecule has 3 nitrogen and oxygen atoms in total. The van der Waals surface area contributed by atoms with E-state index in [-0.39, 0.29) is 0 Å². The minimum atomic E-state index is -0.918. The lowest BCUT2D eigenvalue weighted by atomic mass is 9.93. The normalized spacial score (nSPS) is 45.0. The van der Waals surface area contributed by atoms with E-state index in [2.05, 4.69) is 5.32 Å². The van der Waals surface area contributed by atoms with Crippen molar-refractivity contribution in [3.8, 4) is 0 Å². The van der Waals surface area contributed by atoms with E-state index in [9.17, 15) is 5.11 Å². The Morgan fingerprint density at radius 1 is 1.67 bits per heavy atom. The molecule has 0 radical (unpaired) electrons. The molecule has 0 spiro atoms. The second-order valence-electron chi connectivity index (χ2n) is 2.84. The highest BCUT2D eigenvalue weighted by molar-refractivity contribution is 4.88. The van der Waals surface area contributed by atoms with Crippen LogP contribution in [0.25, 0.3) is 0 Å². The van der Waals surface area contributed by atoms with Gasteiger partial charge in [-0.1, -0.05) is 0 Å². The quantitative estimate of drug-likeness (QED) is 0.399. The molecule has 2 atom stereocenters. The summed E-state index contributed by atoms with van der Waals surface area (Å²) in [6.45, 7) is 2.94. The molecule has 3 N–H and O–H groups in total. The summed E-state index contributed by atoms with van der Waals surface area (Å²) in [5.41, 5.74) is -0.918. The molecule has 0 bridgehead atoms. The molecular weight excluding hydrogens is 118 g/mol. The zero-order chi connectivity index (χ0) is 6.91. The number of hydrogen-bond donors (Lipinski definition) is 3. The molecular formula is C6H13NO2. The lowest BCUT2D eigenvalue weighted by Gasteiger charge is -2.33. The summed E-state index contributed by atoms with van der Waals surface area (Å²) < 4.78 is 0. The van der Waals surface area contributed by atoms with Crippen molar-refractivity contribution in [2.45, 2.75) is 25.0 Å². The molecule has 1 aliphatic rings. The third kappa shape index (κ3) is 1.41. The van der Waals surface area contributed by atoms with E-state index >= 15 is 0 Å². The van der Waals surface area contributed by atoms with Gasteiger partial charge in [-0.05, 0) is 19.9 Å². The van der Waals surface area contributed by atoms with Crippen LogP contribution in [0.5, 0.6) is 0 Å². The molecule has 0 aromatic rings. The van der Waals surface area contributed by atoms with Crippen molar-refractivity contribution in [2.24, 2.45) is 0 Å². The van der Waals surface area contributed by atoms with Gasteiger partial charge < -0.3 is 15.5 Å². The predicted octanol–water partition coefficient (Wildman–Crippen LogP) is -0.908. The Kier molecular flexibility index (Phi) is 1.75. The molecule has 1 heterocycles. The maximum atomic E-state index is 9.33. The molecule has 0 saturated carbocycles. The molecule has 1 rings (SSSR count). The Bertz CT molecular complexity index is 103. The molecule has 9 heavy (non-hydrogen) atoms. The van der Waals surface area contributed by atoms with Crippen molar-refractivity contribution < 1.29 is 10.2 Å². The fraction of sp³-hybridized carbons (Fsp3) is 1.00. The van der Waals surface area contributed by atoms with Gasteiger partial charge in [0.1, 0.15) is 5.60 Å². The average molecular weight is 131 g/mol. The van der Waals surface area contributed by atoms with E-state index in [0.717, 1.165) is 6.54 Å². The summed E-state index contributed by atoms with van der Waals surface area (Å²) in [4.78, 5) is 0. The average Bonchev–Trinajstić information content (AvgIpc) is 1.77. The molecule has 1 saturated heterocycles. The van der Waals surface area contributed by atoms with Crippen LogP contribution in [-0.4, -0.2) is 35.0 Å². The van der Waals surface area contributed by atoms with Crippen molar-refractivity contribution >= 4 is 0 Å². The fourth-order valence-corrected chi connectivity index (χ4v) is 1.01. The summed E-state index contributed by atoms with van der Waals surface area (Å²) in [6, 6.07) is 0. The Hall–Kier alpha value is -0.120. The summed E-state index contributed by atoms with van der Waals surface area (Å²) in [7, 11) is 0. The minimum Gasteiger partial charge on any atom is -0.390 e. The largest absolute Gasteiger partial charge is 0.390 e. The standard InChI is InChI=1S/C6H13NO2/c1-6(9)4-7-3-2-5(6)8/h5,7-9H,2-4H2,1H3/t5-,6+/m0/s1. The molecule has 0 amide bonds. The molecule has 0 aliphatic carbocycles. The van der Waals surface area contributed by atoms with Gasteiger partial charge in [-0.15, -0.1) is 0 Å². The summed E-state index contributed by atoms with van der Waals surface area (Å²) in [6.07, 6.45) is 0.0891. The topological polar surface area (TPSA) is 52.5 Å². The van der Waals surface area contributed by atoms with Gasteiger partial charge in [-0.25, -0.2) is 0 Å². The number of β-amino-alcohol motifs (C(OH)–C–C–N with tert-alkyl or cyclic N) is 1. The van der Waals surface area contributed by atoms with Crippen LogP contribution < -0.4 is 5.32 Å². The third-order valence-corrected chi connectivity index (χ3v) is 1.80. The maximum Gasteiger partial charge on any atom is 0.100 e. The zero-order valence-electron chi connectivity index (χ0n) is 5.59. The van der Waals surface area contributed by atoms with Crippen LogP contribution in [0.1, 0.15) is 13.3 Å². The van der Waals surface area contributed by atoms with Crippen molar-refractivity contribution in [1.82, 2.24) is 5.32 Å². The predicted molar refractivity (Wildman–Crippen MR) is 34.1 cm³/mol. The van der Waals surface area contributed by atoms with Crippen LogP contribution in [0.15, 0.2) is 0 Å². The number of aliphatic hydroxyl groups excluding tert-OH is 1. The number of aliphatic hydroxyl groups is 2. The highest BCUT2D eigenvalue weighted by Gasteiger charge is 2.32. The zero-order valence-corrected chi connectivity index (χ0v) is 5.59. The lowest BCUT2D eigenvalue weighted by Crippen LogP contribution is -2.53. The van der Waals surface area contributed by atoms with Crippen molar-refractivity contribution in [3.63, 3.8) is 0 Å². The highest BCUT2D eigenvalue weighted by atomic mass is 16.3. The molecule has 1 fully saturated rings. The van der Waals surface area contributed by atoms with Gasteiger partial charge in [-0.3, -0.25) is 0 Å². The fourth-order valence-electron chi connectivity index (χ4n) is 1.01. The Morgan fingerprint density at radius 3 is 2.67 bits per heavy atom. The summed E-state index contributed by atoms with van der Waals surface area (Å²) in [5, 5.41) is 21.5. The van der Waals surface area contributed by atoms with Gasteiger partial charge in [-0.2, -0.15) is 0 Å². The number of hydrogen-bond acceptors (Lipinski definition) is 3. The van der Waals surface area contributed by atoms with Crippen LogP contribution in [0.4, 0.5) is 0 Å². The molecule has 0 aromatic heterocycles. The number of rotatable bonds is 0. The molecule has 0 aromatic carbocycles. The minimum absolute atomic E-state index is 0.494. The molecule has 54 valence electrons. The first kappa shape index (κ1) is 6.99. The van der Waals surface area contributed by atoms with Crippen LogP contribution in [0, 0.1) is 0 Å². The Labute approximate surface area is 54.7 Å². The van der Waals surface area contributed by atoms with Crippen molar-refractivity contribution in [2.75, 3.05) is 13.1 Å². The van der Waals surface area contributed by atoms with E-state index in [4.69, 9.17) is 5.11 Å². The SMILES string of the molecule is C[C@@]1(O)CNCC[C@@H]1O.